The van der Waals surface area contributed by atoms with Crippen LogP contribution in [0.5, 0.6) is 0 Å². The summed E-state index contributed by atoms with van der Waals surface area (Å²) in [6, 6.07) is -0.192. The highest BCUT2D eigenvalue weighted by molar-refractivity contribution is 6.31. The van der Waals surface area contributed by atoms with Crippen molar-refractivity contribution < 1.29 is 23.8 Å². The van der Waals surface area contributed by atoms with E-state index in [4.69, 9.17) is 26.1 Å². The second kappa shape index (κ2) is 10.8. The summed E-state index contributed by atoms with van der Waals surface area (Å²) < 4.78 is 25.6. The van der Waals surface area contributed by atoms with Gasteiger partial charge >= 0.3 is 6.09 Å². The Morgan fingerprint density at radius 1 is 1.32 bits per heavy atom. The van der Waals surface area contributed by atoms with Gasteiger partial charge in [0.25, 0.3) is 0 Å². The number of alkyl carbamates (subject to hydrolysis) is 1. The van der Waals surface area contributed by atoms with Gasteiger partial charge in [-0.15, -0.1) is 0 Å². The summed E-state index contributed by atoms with van der Waals surface area (Å²) in [6.07, 6.45) is 3.21. The summed E-state index contributed by atoms with van der Waals surface area (Å²) in [7, 11) is 0. The van der Waals surface area contributed by atoms with Crippen molar-refractivity contribution in [2.24, 2.45) is 5.41 Å². The Morgan fingerprint density at radius 3 is 2.75 bits per heavy atom. The van der Waals surface area contributed by atoms with E-state index in [-0.39, 0.29) is 40.4 Å². The molecule has 5 heterocycles. The van der Waals surface area contributed by atoms with E-state index in [9.17, 15) is 14.3 Å². The number of carbonyl (C=O) groups is 1. The zero-order valence-corrected chi connectivity index (χ0v) is 23.5. The average molecular weight is 572 g/mol. The van der Waals surface area contributed by atoms with Crippen LogP contribution in [-0.4, -0.2) is 73.8 Å². The first-order chi connectivity index (χ1) is 19.0. The average Bonchev–Trinajstić information content (AvgIpc) is 3.43. The summed E-state index contributed by atoms with van der Waals surface area (Å²) in [5.41, 5.74) is 0.541. The summed E-state index contributed by atoms with van der Waals surface area (Å²) in [5.74, 6) is 5.37. The molecule has 40 heavy (non-hydrogen) atoms. The lowest BCUT2D eigenvalue weighted by Gasteiger charge is -2.43. The van der Waals surface area contributed by atoms with Crippen LogP contribution in [-0.2, 0) is 16.1 Å². The normalized spacial score (nSPS) is 20.4. The number of pyridine rings is 1. The lowest BCUT2D eigenvalue weighted by molar-refractivity contribution is 0.0434. The minimum Gasteiger partial charge on any atom is -0.444 e. The van der Waals surface area contributed by atoms with E-state index >= 15 is 0 Å². The maximum Gasteiger partial charge on any atom is 0.407 e. The molecule has 212 valence electrons. The molecule has 2 aliphatic rings. The van der Waals surface area contributed by atoms with Crippen LogP contribution in [0, 0.1) is 23.1 Å². The fourth-order valence-corrected chi connectivity index (χ4v) is 5.46. The molecule has 2 fully saturated rings. The van der Waals surface area contributed by atoms with Crippen LogP contribution < -0.4 is 10.2 Å². The van der Waals surface area contributed by atoms with Crippen LogP contribution in [0.25, 0.3) is 11.2 Å². The number of hydrogen-bond acceptors (Lipinski definition) is 9. The van der Waals surface area contributed by atoms with Gasteiger partial charge in [-0.1, -0.05) is 17.5 Å². The molecule has 0 saturated carbocycles. The van der Waals surface area contributed by atoms with Crippen molar-refractivity contribution in [1.29, 1.82) is 0 Å². The molecule has 3 aromatic heterocycles. The first-order valence-electron chi connectivity index (χ1n) is 13.0. The Labute approximate surface area is 235 Å². The third-order valence-corrected chi connectivity index (χ3v) is 7.53. The number of aromatic amines is 1. The third-order valence-electron chi connectivity index (χ3n) is 7.25. The Kier molecular flexibility index (Phi) is 7.56. The topological polar surface area (TPSA) is 138 Å². The molecule has 0 aromatic carbocycles. The van der Waals surface area contributed by atoms with E-state index in [1.807, 2.05) is 27.7 Å². The second-order valence-corrected chi connectivity index (χ2v) is 11.5. The number of anilines is 1. The SMILES string of the molecule is C[C@@H]1OCC2(CCN(c3nc4[nH]nc(C#Cc5c(F)cncc5Cl)c4nc3CO)CC2)[C@@H]1NC(=O)OC(C)(C)C. The van der Waals surface area contributed by atoms with Gasteiger partial charge in [0.15, 0.2) is 23.0 Å². The number of nitrogens with one attached hydrogen (secondary N) is 2. The predicted molar refractivity (Wildman–Crippen MR) is 145 cm³/mol. The Hall–Kier alpha value is -3.53. The van der Waals surface area contributed by atoms with Crippen LogP contribution in [0.2, 0.25) is 5.02 Å². The molecule has 2 aliphatic heterocycles. The molecule has 2 atom stereocenters. The number of halogens is 2. The number of fused-ring (bicyclic) bond motifs is 1. The molecule has 5 rings (SSSR count). The first-order valence-corrected chi connectivity index (χ1v) is 13.4. The van der Waals surface area contributed by atoms with Crippen LogP contribution in [0.15, 0.2) is 12.4 Å². The van der Waals surface area contributed by atoms with Crippen LogP contribution in [0.1, 0.15) is 57.5 Å². The van der Waals surface area contributed by atoms with E-state index in [1.165, 1.54) is 6.20 Å². The minimum atomic E-state index is -0.641. The molecule has 1 amide bonds. The smallest absolute Gasteiger partial charge is 0.407 e. The Morgan fingerprint density at radius 2 is 2.08 bits per heavy atom. The van der Waals surface area contributed by atoms with Crippen molar-refractivity contribution in [3.8, 4) is 11.8 Å². The van der Waals surface area contributed by atoms with Crippen molar-refractivity contribution in [3.05, 3.63) is 40.2 Å². The number of H-pyrrole nitrogens is 1. The van der Waals surface area contributed by atoms with Gasteiger partial charge in [0.05, 0.1) is 42.1 Å². The van der Waals surface area contributed by atoms with Gasteiger partial charge in [-0.3, -0.25) is 10.1 Å². The number of rotatable bonds is 3. The van der Waals surface area contributed by atoms with E-state index in [1.54, 1.807) is 0 Å². The zero-order valence-electron chi connectivity index (χ0n) is 22.7. The van der Waals surface area contributed by atoms with Gasteiger partial charge in [-0.05, 0) is 46.5 Å². The molecule has 2 saturated heterocycles. The lowest BCUT2D eigenvalue weighted by Crippen LogP contribution is -2.55. The quantitative estimate of drug-likeness (QED) is 0.404. The van der Waals surface area contributed by atoms with Crippen LogP contribution >= 0.6 is 11.6 Å². The second-order valence-electron chi connectivity index (χ2n) is 11.1. The molecular formula is C27H31ClFN7O4. The first kappa shape index (κ1) is 28.0. The van der Waals surface area contributed by atoms with E-state index in [0.29, 0.717) is 42.4 Å². The van der Waals surface area contributed by atoms with Crippen LogP contribution in [0.4, 0.5) is 15.0 Å². The highest BCUT2D eigenvalue weighted by Gasteiger charge is 2.50. The number of ether oxygens (including phenoxy) is 2. The molecule has 0 unspecified atom stereocenters. The summed E-state index contributed by atoms with van der Waals surface area (Å²) in [5, 5.41) is 20.3. The van der Waals surface area contributed by atoms with Crippen LogP contribution in [0.3, 0.4) is 0 Å². The maximum absolute atomic E-state index is 14.1. The van der Waals surface area contributed by atoms with Gasteiger partial charge in [0.2, 0.25) is 0 Å². The molecule has 11 nitrogen and oxygen atoms in total. The lowest BCUT2D eigenvalue weighted by atomic mass is 9.73. The molecule has 13 heteroatoms. The largest absolute Gasteiger partial charge is 0.444 e. The van der Waals surface area contributed by atoms with Crippen molar-refractivity contribution >= 4 is 34.7 Å². The molecule has 0 bridgehead atoms. The number of aliphatic hydroxyl groups excluding tert-OH is 1. The van der Waals surface area contributed by atoms with E-state index in [2.05, 4.69) is 42.2 Å². The van der Waals surface area contributed by atoms with Gasteiger partial charge < -0.3 is 24.8 Å². The highest BCUT2D eigenvalue weighted by atomic mass is 35.5. The zero-order chi connectivity index (χ0) is 28.7. The number of piperidine rings is 1. The fourth-order valence-electron chi connectivity index (χ4n) is 5.27. The number of aliphatic hydroxyl groups is 1. The van der Waals surface area contributed by atoms with Gasteiger partial charge in [-0.25, -0.2) is 19.2 Å². The summed E-state index contributed by atoms with van der Waals surface area (Å²) in [4.78, 5) is 27.6. The van der Waals surface area contributed by atoms with Gasteiger partial charge in [-0.2, -0.15) is 5.10 Å². The number of nitrogens with zero attached hydrogens (tertiary/aromatic N) is 5. The minimum absolute atomic E-state index is 0.00620. The molecule has 0 radical (unpaired) electrons. The standard InChI is InChI=1S/C27H31ClFN7O4/c1-15-22(32-25(38)40-26(2,3)4)27(14-39-15)7-9-36(10-8-27)24-20(13-37)31-21-19(34-35-23(21)33-24)6-5-16-17(28)11-30-12-18(16)29/h11-12,15,22,37H,7-10,13-14H2,1-4H3,(H,32,38)(H,33,34,35)/t15-,22+/m0/s1. The summed E-state index contributed by atoms with van der Waals surface area (Å²) >= 11 is 6.02. The number of carbonyl (C=O) groups excluding carboxylic acids is 1. The molecule has 0 aliphatic carbocycles. The molecule has 3 aromatic rings. The van der Waals surface area contributed by atoms with Gasteiger partial charge in [0.1, 0.15) is 16.8 Å². The highest BCUT2D eigenvalue weighted by Crippen LogP contribution is 2.43. The monoisotopic (exact) mass is 571 g/mol. The van der Waals surface area contributed by atoms with Crippen molar-refractivity contribution in [2.75, 3.05) is 24.6 Å². The molecular weight excluding hydrogens is 541 g/mol. The van der Waals surface area contributed by atoms with Gasteiger partial charge in [0, 0.05) is 24.7 Å². The van der Waals surface area contributed by atoms with E-state index < -0.39 is 17.5 Å². The Bertz CT molecular complexity index is 1470. The molecule has 3 N–H and O–H groups in total. The number of hydrogen-bond donors (Lipinski definition) is 3. The van der Waals surface area contributed by atoms with E-state index in [0.717, 1.165) is 19.0 Å². The maximum atomic E-state index is 14.1. The summed E-state index contributed by atoms with van der Waals surface area (Å²) in [6.45, 7) is 8.89. The fraction of sp³-hybridized carbons (Fsp3) is 0.519. The molecule has 1 spiro atoms. The third kappa shape index (κ3) is 5.54. The predicted octanol–water partition coefficient (Wildman–Crippen LogP) is 3.33. The Balaban J connectivity index is 1.35. The number of amides is 1. The van der Waals surface area contributed by atoms with Crippen molar-refractivity contribution in [1.82, 2.24) is 30.5 Å². The number of aromatic nitrogens is 5. The van der Waals surface area contributed by atoms with Crippen molar-refractivity contribution in [2.45, 2.75) is 64.9 Å². The van der Waals surface area contributed by atoms with Crippen molar-refractivity contribution in [3.63, 3.8) is 0 Å².